The molecule has 0 bridgehead atoms. The standard InChI is InChI=1S/C13H27.CHNS.Na/c1-3-5-7-9-11-13-12-10-8-6-4-2;2-1-3;/h1,3-13H2,2H3;3H;/q-1;;+1. The first-order valence-electron chi connectivity index (χ1n) is 6.65. The molecule has 0 aromatic carbocycles. The SMILES string of the molecule is N#CS.[CH2-]CCCCCCCCCCCC.[Na+]. The van der Waals surface area contributed by atoms with Gasteiger partial charge in [-0.25, -0.2) is 0 Å². The Labute approximate surface area is 136 Å². The summed E-state index contributed by atoms with van der Waals surface area (Å²) in [5, 5.41) is 8.63. The molecule has 96 valence electrons. The van der Waals surface area contributed by atoms with Crippen LogP contribution < -0.4 is 29.6 Å². The van der Waals surface area contributed by atoms with E-state index in [2.05, 4.69) is 26.5 Å². The van der Waals surface area contributed by atoms with Crippen LogP contribution in [0.25, 0.3) is 0 Å². The molecule has 0 aromatic rings. The summed E-state index contributed by atoms with van der Waals surface area (Å²) in [6.07, 6.45) is 15.4. The summed E-state index contributed by atoms with van der Waals surface area (Å²) in [7, 11) is 0. The van der Waals surface area contributed by atoms with Gasteiger partial charge in [-0.15, -0.1) is 0 Å². The zero-order chi connectivity index (χ0) is 12.5. The van der Waals surface area contributed by atoms with E-state index in [1.54, 1.807) is 0 Å². The van der Waals surface area contributed by atoms with Crippen LogP contribution in [0.5, 0.6) is 0 Å². The number of nitriles is 1. The fraction of sp³-hybridized carbons (Fsp3) is 0.857. The van der Waals surface area contributed by atoms with Crippen molar-refractivity contribution in [3.63, 3.8) is 0 Å². The molecule has 0 spiro atoms. The molecule has 0 amide bonds. The number of hydrogen-bond donors (Lipinski definition) is 1. The van der Waals surface area contributed by atoms with Crippen LogP contribution in [0, 0.1) is 17.6 Å². The number of thiol groups is 1. The van der Waals surface area contributed by atoms with E-state index in [1.807, 2.05) is 0 Å². The molecule has 0 N–H and O–H groups in total. The third-order valence-corrected chi connectivity index (χ3v) is 2.60. The molecule has 0 saturated heterocycles. The fourth-order valence-corrected chi connectivity index (χ4v) is 1.66. The van der Waals surface area contributed by atoms with Gasteiger partial charge in [0.2, 0.25) is 0 Å². The molecular formula is C14H28NNaS. The van der Waals surface area contributed by atoms with E-state index in [0.717, 1.165) is 6.42 Å². The van der Waals surface area contributed by atoms with Crippen LogP contribution >= 0.6 is 12.6 Å². The van der Waals surface area contributed by atoms with Gasteiger partial charge in [0.05, 0.1) is 0 Å². The first kappa shape index (κ1) is 23.0. The molecule has 0 unspecified atom stereocenters. The summed E-state index contributed by atoms with van der Waals surface area (Å²) in [5.41, 5.74) is 0. The minimum Gasteiger partial charge on any atom is -0.343 e. The zero-order valence-corrected chi connectivity index (χ0v) is 14.8. The van der Waals surface area contributed by atoms with Crippen LogP contribution in [0.3, 0.4) is 0 Å². The Kier molecular flexibility index (Phi) is 34.6. The van der Waals surface area contributed by atoms with Gasteiger partial charge in [0.25, 0.3) is 0 Å². The second-order valence-corrected chi connectivity index (χ2v) is 4.34. The largest absolute Gasteiger partial charge is 1.00 e. The second kappa shape index (κ2) is 25.6. The van der Waals surface area contributed by atoms with Gasteiger partial charge >= 0.3 is 29.6 Å². The molecule has 1 nitrogen and oxygen atoms in total. The topological polar surface area (TPSA) is 23.8 Å². The Balaban J connectivity index is -0.000000440. The monoisotopic (exact) mass is 265 g/mol. The Morgan fingerprint density at radius 2 is 1.18 bits per heavy atom. The van der Waals surface area contributed by atoms with E-state index in [0.29, 0.717) is 0 Å². The summed E-state index contributed by atoms with van der Waals surface area (Å²) in [6.45, 7) is 6.13. The summed E-state index contributed by atoms with van der Waals surface area (Å²) in [6, 6.07) is 0. The predicted molar refractivity (Wildman–Crippen MR) is 76.4 cm³/mol. The molecule has 0 radical (unpaired) electrons. The van der Waals surface area contributed by atoms with Crippen LogP contribution in [-0.4, -0.2) is 0 Å². The van der Waals surface area contributed by atoms with Gasteiger partial charge in [-0.3, -0.25) is 0 Å². The van der Waals surface area contributed by atoms with E-state index < -0.39 is 0 Å². The third-order valence-electron chi connectivity index (χ3n) is 2.60. The average molecular weight is 265 g/mol. The quantitative estimate of drug-likeness (QED) is 0.212. The smallest absolute Gasteiger partial charge is 0.343 e. The average Bonchev–Trinajstić information content (AvgIpc) is 2.28. The first-order valence-corrected chi connectivity index (χ1v) is 7.10. The fourth-order valence-electron chi connectivity index (χ4n) is 1.66. The van der Waals surface area contributed by atoms with Crippen molar-refractivity contribution >= 4 is 12.6 Å². The molecule has 0 aliphatic heterocycles. The van der Waals surface area contributed by atoms with E-state index in [9.17, 15) is 0 Å². The summed E-state index contributed by atoms with van der Waals surface area (Å²) < 4.78 is 0. The van der Waals surface area contributed by atoms with E-state index in [4.69, 9.17) is 5.26 Å². The predicted octanol–water partition coefficient (Wildman–Crippen LogP) is 2.53. The van der Waals surface area contributed by atoms with Gasteiger partial charge in [-0.1, -0.05) is 83.8 Å². The summed E-state index contributed by atoms with van der Waals surface area (Å²) >= 11 is 3.09. The molecule has 0 rings (SSSR count). The van der Waals surface area contributed by atoms with Gasteiger partial charge in [0.15, 0.2) is 0 Å². The number of thiocyanates is 1. The normalized spacial score (nSPS) is 8.59. The van der Waals surface area contributed by atoms with Crippen molar-refractivity contribution in [1.82, 2.24) is 0 Å². The molecule has 0 aliphatic rings. The maximum atomic E-state index is 7.18. The van der Waals surface area contributed by atoms with Crippen LogP contribution in [0.1, 0.15) is 77.6 Å². The van der Waals surface area contributed by atoms with Gasteiger partial charge in [0.1, 0.15) is 5.40 Å². The van der Waals surface area contributed by atoms with Crippen LogP contribution in [0.15, 0.2) is 0 Å². The van der Waals surface area contributed by atoms with Crippen molar-refractivity contribution < 1.29 is 29.6 Å². The minimum absolute atomic E-state index is 0. The van der Waals surface area contributed by atoms with E-state index >= 15 is 0 Å². The van der Waals surface area contributed by atoms with E-state index in [-0.39, 0.29) is 29.6 Å². The maximum Gasteiger partial charge on any atom is 1.00 e. The molecule has 0 atom stereocenters. The Morgan fingerprint density at radius 1 is 0.882 bits per heavy atom. The molecule has 0 aliphatic carbocycles. The van der Waals surface area contributed by atoms with Crippen molar-refractivity contribution in [2.24, 2.45) is 0 Å². The van der Waals surface area contributed by atoms with Gasteiger partial charge in [-0.05, 0) is 0 Å². The van der Waals surface area contributed by atoms with Gasteiger partial charge < -0.3 is 6.92 Å². The third kappa shape index (κ3) is 31.6. The Morgan fingerprint density at radius 3 is 1.47 bits per heavy atom. The van der Waals surface area contributed by atoms with Gasteiger partial charge in [-0.2, -0.15) is 11.7 Å². The Hall–Kier alpha value is 0.840. The maximum absolute atomic E-state index is 7.18. The number of nitrogens with zero attached hydrogens (tertiary/aromatic N) is 1. The van der Waals surface area contributed by atoms with Crippen molar-refractivity contribution in [1.29, 1.82) is 5.26 Å². The van der Waals surface area contributed by atoms with Gasteiger partial charge in [0, 0.05) is 0 Å². The second-order valence-electron chi connectivity index (χ2n) is 4.14. The molecule has 0 saturated carbocycles. The van der Waals surface area contributed by atoms with Crippen molar-refractivity contribution in [3.8, 4) is 5.40 Å². The van der Waals surface area contributed by atoms with Crippen LogP contribution in [-0.2, 0) is 0 Å². The first-order chi connectivity index (χ1) is 7.83. The molecule has 3 heteroatoms. The Bertz CT molecular complexity index is 136. The van der Waals surface area contributed by atoms with E-state index in [1.165, 1.54) is 69.6 Å². The van der Waals surface area contributed by atoms with Crippen molar-refractivity contribution in [3.05, 3.63) is 6.92 Å². The number of hydrogen-bond acceptors (Lipinski definition) is 2. The number of unbranched alkanes of at least 4 members (excludes halogenated alkanes) is 10. The van der Waals surface area contributed by atoms with Crippen molar-refractivity contribution in [2.75, 3.05) is 0 Å². The molecule has 0 aromatic heterocycles. The van der Waals surface area contributed by atoms with Crippen LogP contribution in [0.2, 0.25) is 0 Å². The molecular weight excluding hydrogens is 237 g/mol. The number of rotatable bonds is 10. The minimum atomic E-state index is 0. The van der Waals surface area contributed by atoms with Crippen LogP contribution in [0.4, 0.5) is 0 Å². The molecule has 0 fully saturated rings. The zero-order valence-electron chi connectivity index (χ0n) is 11.9. The molecule has 0 heterocycles. The summed E-state index contributed by atoms with van der Waals surface area (Å²) in [4.78, 5) is 0. The van der Waals surface area contributed by atoms with Crippen molar-refractivity contribution in [2.45, 2.75) is 77.6 Å². The molecule has 17 heavy (non-hydrogen) atoms. The summed E-state index contributed by atoms with van der Waals surface area (Å²) in [5.74, 6) is 0.